The summed E-state index contributed by atoms with van der Waals surface area (Å²) in [5.74, 6) is 0. The predicted molar refractivity (Wildman–Crippen MR) is 54.0 cm³/mol. The van der Waals surface area contributed by atoms with E-state index in [2.05, 4.69) is 0 Å². The third-order valence-electron chi connectivity index (χ3n) is 1.90. The standard InChI is InChI=1S/C10H14F2OS/c1-10(2,3)7-5-4-6(14-7)8(13)9(11)12/h4-5,8-9,13H,1-3H3. The number of aliphatic hydroxyl groups excluding tert-OH is 1. The van der Waals surface area contributed by atoms with Crippen LogP contribution in [0.4, 0.5) is 8.78 Å². The van der Waals surface area contributed by atoms with E-state index in [4.69, 9.17) is 5.11 Å². The molecular formula is C10H14F2OS. The molecule has 1 rings (SSSR count). The highest BCUT2D eigenvalue weighted by molar-refractivity contribution is 7.12. The van der Waals surface area contributed by atoms with E-state index in [9.17, 15) is 8.78 Å². The molecule has 0 saturated carbocycles. The molecule has 0 aromatic carbocycles. The number of rotatable bonds is 2. The maximum atomic E-state index is 12.2. The highest BCUT2D eigenvalue weighted by Crippen LogP contribution is 2.33. The van der Waals surface area contributed by atoms with E-state index in [0.29, 0.717) is 4.88 Å². The molecule has 80 valence electrons. The van der Waals surface area contributed by atoms with Crippen LogP contribution in [0.3, 0.4) is 0 Å². The van der Waals surface area contributed by atoms with E-state index < -0.39 is 12.5 Å². The minimum atomic E-state index is -2.71. The molecule has 14 heavy (non-hydrogen) atoms. The minimum Gasteiger partial charge on any atom is -0.382 e. The Balaban J connectivity index is 2.89. The molecule has 1 N–H and O–H groups in total. The highest BCUT2D eigenvalue weighted by atomic mass is 32.1. The topological polar surface area (TPSA) is 20.2 Å². The number of halogens is 2. The van der Waals surface area contributed by atoms with Gasteiger partial charge in [0.2, 0.25) is 0 Å². The first-order chi connectivity index (χ1) is 6.32. The van der Waals surface area contributed by atoms with Gasteiger partial charge in [0.05, 0.1) is 0 Å². The van der Waals surface area contributed by atoms with Gasteiger partial charge in [0.25, 0.3) is 6.43 Å². The van der Waals surface area contributed by atoms with Gasteiger partial charge in [0.15, 0.2) is 0 Å². The Labute approximate surface area is 86.4 Å². The van der Waals surface area contributed by atoms with Gasteiger partial charge >= 0.3 is 0 Å². The van der Waals surface area contributed by atoms with Crippen molar-refractivity contribution >= 4 is 11.3 Å². The van der Waals surface area contributed by atoms with E-state index >= 15 is 0 Å². The van der Waals surface area contributed by atoms with Crippen LogP contribution in [-0.4, -0.2) is 11.5 Å². The Morgan fingerprint density at radius 3 is 2.21 bits per heavy atom. The van der Waals surface area contributed by atoms with Gasteiger partial charge in [-0.2, -0.15) is 0 Å². The van der Waals surface area contributed by atoms with Crippen molar-refractivity contribution in [1.29, 1.82) is 0 Å². The summed E-state index contributed by atoms with van der Waals surface area (Å²) in [7, 11) is 0. The van der Waals surface area contributed by atoms with Crippen LogP contribution in [0.5, 0.6) is 0 Å². The summed E-state index contributed by atoms with van der Waals surface area (Å²) in [6.45, 7) is 6.03. The van der Waals surface area contributed by atoms with Crippen LogP contribution in [0.2, 0.25) is 0 Å². The molecule has 0 fully saturated rings. The molecule has 0 bridgehead atoms. The zero-order valence-electron chi connectivity index (χ0n) is 8.42. The summed E-state index contributed by atoms with van der Waals surface area (Å²) >= 11 is 1.25. The van der Waals surface area contributed by atoms with Gasteiger partial charge < -0.3 is 5.11 Å². The van der Waals surface area contributed by atoms with Crippen molar-refractivity contribution in [3.8, 4) is 0 Å². The van der Waals surface area contributed by atoms with Crippen molar-refractivity contribution in [3.63, 3.8) is 0 Å². The quantitative estimate of drug-likeness (QED) is 0.810. The fraction of sp³-hybridized carbons (Fsp3) is 0.600. The lowest BCUT2D eigenvalue weighted by Gasteiger charge is -2.15. The maximum Gasteiger partial charge on any atom is 0.268 e. The molecule has 0 aliphatic carbocycles. The lowest BCUT2D eigenvalue weighted by atomic mass is 9.95. The van der Waals surface area contributed by atoms with Gasteiger partial charge in [-0.1, -0.05) is 20.8 Å². The third kappa shape index (κ3) is 2.51. The van der Waals surface area contributed by atoms with E-state index in [1.54, 1.807) is 12.1 Å². The SMILES string of the molecule is CC(C)(C)c1ccc(C(O)C(F)F)s1. The van der Waals surface area contributed by atoms with Gasteiger partial charge in [0.1, 0.15) is 6.10 Å². The van der Waals surface area contributed by atoms with Gasteiger partial charge in [-0.25, -0.2) is 8.78 Å². The third-order valence-corrected chi connectivity index (χ3v) is 3.48. The molecule has 0 amide bonds. The molecule has 1 nitrogen and oxygen atoms in total. The van der Waals surface area contributed by atoms with Gasteiger partial charge in [0, 0.05) is 9.75 Å². The van der Waals surface area contributed by atoms with Gasteiger partial charge in [-0.05, 0) is 17.5 Å². The second-order valence-corrected chi connectivity index (χ2v) is 5.35. The number of thiophene rings is 1. The zero-order valence-corrected chi connectivity index (χ0v) is 9.24. The molecule has 4 heteroatoms. The van der Waals surface area contributed by atoms with Crippen molar-refractivity contribution in [2.24, 2.45) is 0 Å². The smallest absolute Gasteiger partial charge is 0.268 e. The summed E-state index contributed by atoms with van der Waals surface area (Å²) in [5, 5.41) is 9.14. The van der Waals surface area contributed by atoms with E-state index in [1.165, 1.54) is 11.3 Å². The monoisotopic (exact) mass is 220 g/mol. The summed E-state index contributed by atoms with van der Waals surface area (Å²) < 4.78 is 24.4. The van der Waals surface area contributed by atoms with Crippen LogP contribution in [0.25, 0.3) is 0 Å². The molecule has 1 aromatic heterocycles. The van der Waals surface area contributed by atoms with E-state index in [-0.39, 0.29) is 5.41 Å². The Morgan fingerprint density at radius 1 is 1.29 bits per heavy atom. The molecule has 1 heterocycles. The van der Waals surface area contributed by atoms with Crippen LogP contribution >= 0.6 is 11.3 Å². The van der Waals surface area contributed by atoms with Crippen molar-refractivity contribution in [3.05, 3.63) is 21.9 Å². The molecule has 1 unspecified atom stereocenters. The molecule has 0 aliphatic rings. The summed E-state index contributed by atoms with van der Waals surface area (Å²) in [6.07, 6.45) is -4.35. The fourth-order valence-electron chi connectivity index (χ4n) is 1.04. The van der Waals surface area contributed by atoms with Crippen LogP contribution in [0, 0.1) is 0 Å². The van der Waals surface area contributed by atoms with Crippen molar-refractivity contribution in [2.75, 3.05) is 0 Å². The first-order valence-electron chi connectivity index (χ1n) is 4.39. The normalized spacial score (nSPS) is 14.8. The Morgan fingerprint density at radius 2 is 1.86 bits per heavy atom. The molecule has 0 aliphatic heterocycles. The molecular weight excluding hydrogens is 206 g/mol. The lowest BCUT2D eigenvalue weighted by Crippen LogP contribution is -2.08. The van der Waals surface area contributed by atoms with Crippen LogP contribution in [0.15, 0.2) is 12.1 Å². The Kier molecular flexibility index (Phi) is 3.27. The predicted octanol–water partition coefficient (Wildman–Crippen LogP) is 3.34. The zero-order chi connectivity index (χ0) is 10.9. The average Bonchev–Trinajstić information content (AvgIpc) is 2.49. The average molecular weight is 220 g/mol. The maximum absolute atomic E-state index is 12.2. The fourth-order valence-corrected chi connectivity index (χ4v) is 2.09. The highest BCUT2D eigenvalue weighted by Gasteiger charge is 2.23. The summed E-state index contributed by atoms with van der Waals surface area (Å²) in [5.41, 5.74) is -0.0508. The van der Waals surface area contributed by atoms with Gasteiger partial charge in [-0.3, -0.25) is 0 Å². The first kappa shape index (κ1) is 11.6. The van der Waals surface area contributed by atoms with Crippen LogP contribution in [0.1, 0.15) is 36.6 Å². The van der Waals surface area contributed by atoms with E-state index in [1.807, 2.05) is 20.8 Å². The molecule has 0 saturated heterocycles. The molecule has 1 atom stereocenters. The first-order valence-corrected chi connectivity index (χ1v) is 5.20. The molecule has 1 aromatic rings. The number of alkyl halides is 2. The summed E-state index contributed by atoms with van der Waals surface area (Å²) in [4.78, 5) is 1.34. The van der Waals surface area contributed by atoms with E-state index in [0.717, 1.165) is 4.88 Å². The number of aliphatic hydroxyl groups is 1. The Hall–Kier alpha value is -0.480. The van der Waals surface area contributed by atoms with Crippen molar-refractivity contribution < 1.29 is 13.9 Å². The Bertz CT molecular complexity index is 301. The second-order valence-electron chi connectivity index (χ2n) is 4.23. The van der Waals surface area contributed by atoms with Crippen LogP contribution in [-0.2, 0) is 5.41 Å². The number of hydrogen-bond donors (Lipinski definition) is 1. The number of hydrogen-bond acceptors (Lipinski definition) is 2. The van der Waals surface area contributed by atoms with Crippen molar-refractivity contribution in [2.45, 2.75) is 38.7 Å². The minimum absolute atomic E-state index is 0.0508. The molecule has 0 radical (unpaired) electrons. The lowest BCUT2D eigenvalue weighted by molar-refractivity contribution is -0.00369. The summed E-state index contributed by atoms with van der Waals surface area (Å²) in [6, 6.07) is 3.37. The van der Waals surface area contributed by atoms with Crippen molar-refractivity contribution in [1.82, 2.24) is 0 Å². The van der Waals surface area contributed by atoms with Gasteiger partial charge in [-0.15, -0.1) is 11.3 Å². The van der Waals surface area contributed by atoms with Crippen LogP contribution < -0.4 is 0 Å². The largest absolute Gasteiger partial charge is 0.382 e. The molecule has 0 spiro atoms. The second kappa shape index (κ2) is 3.95.